The van der Waals surface area contributed by atoms with Crippen LogP contribution in [0.15, 0.2) is 22.0 Å². The topological polar surface area (TPSA) is 20.2 Å². The lowest BCUT2D eigenvalue weighted by Crippen LogP contribution is -1.84. The van der Waals surface area contributed by atoms with Crippen molar-refractivity contribution >= 4 is 37.4 Å². The van der Waals surface area contributed by atoms with Crippen LogP contribution in [-0.2, 0) is 6.61 Å². The monoisotopic (exact) mass is 260 g/mol. The molecule has 0 unspecified atom stereocenters. The summed E-state index contributed by atoms with van der Waals surface area (Å²) in [5, 5.41) is 9.69. The highest BCUT2D eigenvalue weighted by Gasteiger charge is 2.06. The Balaban J connectivity index is 2.75. The van der Waals surface area contributed by atoms with Crippen LogP contribution in [0.1, 0.15) is 5.56 Å². The Morgan fingerprint density at radius 2 is 2.15 bits per heavy atom. The summed E-state index contributed by atoms with van der Waals surface area (Å²) < 4.78 is 14.9. The molecule has 0 aliphatic rings. The molecule has 0 atom stereocenters. The molecular formula is C9H6BrFOS. The number of thiophene rings is 1. The molecule has 0 saturated heterocycles. The van der Waals surface area contributed by atoms with Gasteiger partial charge in [0.2, 0.25) is 0 Å². The van der Waals surface area contributed by atoms with Gasteiger partial charge in [-0.2, -0.15) is 0 Å². The van der Waals surface area contributed by atoms with Crippen molar-refractivity contribution in [2.75, 3.05) is 0 Å². The summed E-state index contributed by atoms with van der Waals surface area (Å²) in [6, 6.07) is 5.01. The van der Waals surface area contributed by atoms with Crippen LogP contribution >= 0.6 is 27.3 Å². The Morgan fingerprint density at radius 3 is 2.85 bits per heavy atom. The first-order valence-electron chi connectivity index (χ1n) is 3.69. The third-order valence-electron chi connectivity index (χ3n) is 1.78. The maximum absolute atomic E-state index is 13.3. The van der Waals surface area contributed by atoms with E-state index in [1.807, 2.05) is 6.07 Å². The van der Waals surface area contributed by atoms with Crippen LogP contribution < -0.4 is 0 Å². The molecule has 2 rings (SSSR count). The molecule has 13 heavy (non-hydrogen) atoms. The Morgan fingerprint density at radius 1 is 1.38 bits per heavy atom. The van der Waals surface area contributed by atoms with E-state index in [1.54, 1.807) is 6.07 Å². The van der Waals surface area contributed by atoms with E-state index in [0.29, 0.717) is 10.3 Å². The third kappa shape index (κ3) is 1.61. The van der Waals surface area contributed by atoms with Gasteiger partial charge in [0.15, 0.2) is 0 Å². The van der Waals surface area contributed by atoms with Gasteiger partial charge in [-0.3, -0.25) is 0 Å². The molecule has 1 nitrogen and oxygen atoms in total. The molecule has 0 radical (unpaired) electrons. The SMILES string of the molecule is OCc1cc(F)c2sc(Br)cc2c1. The molecule has 1 aromatic carbocycles. The first-order chi connectivity index (χ1) is 6.20. The van der Waals surface area contributed by atoms with E-state index >= 15 is 0 Å². The van der Waals surface area contributed by atoms with E-state index in [2.05, 4.69) is 15.9 Å². The zero-order valence-corrected chi connectivity index (χ0v) is 8.95. The number of aliphatic hydroxyl groups is 1. The minimum atomic E-state index is -0.266. The number of halogens is 2. The Bertz CT molecular complexity index is 452. The minimum absolute atomic E-state index is 0.125. The quantitative estimate of drug-likeness (QED) is 0.835. The molecule has 0 bridgehead atoms. The largest absolute Gasteiger partial charge is 0.392 e. The number of hydrogen-bond acceptors (Lipinski definition) is 2. The van der Waals surface area contributed by atoms with Crippen molar-refractivity contribution in [3.63, 3.8) is 0 Å². The van der Waals surface area contributed by atoms with Crippen LogP contribution in [-0.4, -0.2) is 5.11 Å². The molecule has 1 aromatic heterocycles. The first kappa shape index (κ1) is 9.12. The third-order valence-corrected chi connectivity index (χ3v) is 3.45. The number of aliphatic hydroxyl groups excluding tert-OH is 1. The van der Waals surface area contributed by atoms with Gasteiger partial charge in [0.05, 0.1) is 15.1 Å². The standard InChI is InChI=1S/C9H6BrFOS/c10-8-3-6-1-5(4-12)2-7(11)9(6)13-8/h1-3,12H,4H2. The Labute approximate surface area is 86.9 Å². The number of rotatable bonds is 1. The molecule has 4 heteroatoms. The normalized spacial score (nSPS) is 11.0. The van der Waals surface area contributed by atoms with Crippen LogP contribution in [0.3, 0.4) is 0 Å². The number of hydrogen-bond donors (Lipinski definition) is 1. The van der Waals surface area contributed by atoms with Crippen molar-refractivity contribution in [1.29, 1.82) is 0 Å². The minimum Gasteiger partial charge on any atom is -0.392 e. The molecule has 0 aliphatic heterocycles. The van der Waals surface area contributed by atoms with Crippen molar-refractivity contribution in [1.82, 2.24) is 0 Å². The molecule has 0 aliphatic carbocycles. The van der Waals surface area contributed by atoms with E-state index < -0.39 is 0 Å². The van der Waals surface area contributed by atoms with E-state index in [-0.39, 0.29) is 12.4 Å². The van der Waals surface area contributed by atoms with Gasteiger partial charge in [-0.25, -0.2) is 4.39 Å². The Kier molecular flexibility index (Phi) is 2.36. The fourth-order valence-corrected chi connectivity index (χ4v) is 2.73. The van der Waals surface area contributed by atoms with E-state index in [4.69, 9.17) is 5.11 Å². The van der Waals surface area contributed by atoms with Crippen molar-refractivity contribution < 1.29 is 9.50 Å². The smallest absolute Gasteiger partial charge is 0.141 e. The number of fused-ring (bicyclic) bond motifs is 1. The van der Waals surface area contributed by atoms with E-state index in [9.17, 15) is 4.39 Å². The zero-order valence-electron chi connectivity index (χ0n) is 6.55. The van der Waals surface area contributed by atoms with Crippen molar-refractivity contribution in [3.8, 4) is 0 Å². The van der Waals surface area contributed by atoms with Crippen molar-refractivity contribution in [2.24, 2.45) is 0 Å². The first-order valence-corrected chi connectivity index (χ1v) is 5.30. The average molecular weight is 261 g/mol. The van der Waals surface area contributed by atoms with Gasteiger partial charge in [0.25, 0.3) is 0 Å². The van der Waals surface area contributed by atoms with Gasteiger partial charge < -0.3 is 5.11 Å². The van der Waals surface area contributed by atoms with Crippen LogP contribution in [0.25, 0.3) is 10.1 Å². The van der Waals surface area contributed by atoms with Crippen molar-refractivity contribution in [3.05, 3.63) is 33.4 Å². The maximum Gasteiger partial charge on any atom is 0.141 e. The average Bonchev–Trinajstić information content (AvgIpc) is 2.46. The van der Waals surface area contributed by atoms with Crippen LogP contribution in [0.2, 0.25) is 0 Å². The number of benzene rings is 1. The van der Waals surface area contributed by atoms with Gasteiger partial charge in [0, 0.05) is 0 Å². The fraction of sp³-hybridized carbons (Fsp3) is 0.111. The summed E-state index contributed by atoms with van der Waals surface area (Å²) in [4.78, 5) is 0. The molecule has 0 amide bonds. The molecule has 2 aromatic rings. The lowest BCUT2D eigenvalue weighted by Gasteiger charge is -1.97. The highest BCUT2D eigenvalue weighted by Crippen LogP contribution is 2.32. The lowest BCUT2D eigenvalue weighted by atomic mass is 10.2. The summed E-state index contributed by atoms with van der Waals surface area (Å²) in [6.45, 7) is -0.125. The molecule has 0 saturated carbocycles. The van der Waals surface area contributed by atoms with Gasteiger partial charge in [0.1, 0.15) is 5.82 Å². The summed E-state index contributed by atoms with van der Waals surface area (Å²) >= 11 is 4.65. The fourth-order valence-electron chi connectivity index (χ4n) is 1.23. The van der Waals surface area contributed by atoms with Gasteiger partial charge >= 0.3 is 0 Å². The summed E-state index contributed by atoms with van der Waals surface area (Å²) in [6.07, 6.45) is 0. The summed E-state index contributed by atoms with van der Waals surface area (Å²) in [5.74, 6) is -0.266. The van der Waals surface area contributed by atoms with E-state index in [0.717, 1.165) is 9.17 Å². The Hall–Kier alpha value is -0.450. The second-order valence-corrected chi connectivity index (χ2v) is 5.14. The van der Waals surface area contributed by atoms with Gasteiger partial charge in [-0.05, 0) is 45.1 Å². The van der Waals surface area contributed by atoms with Crippen molar-refractivity contribution in [2.45, 2.75) is 6.61 Å². The van der Waals surface area contributed by atoms with Gasteiger partial charge in [-0.1, -0.05) is 0 Å². The van der Waals surface area contributed by atoms with E-state index in [1.165, 1.54) is 17.4 Å². The highest BCUT2D eigenvalue weighted by atomic mass is 79.9. The molecular weight excluding hydrogens is 255 g/mol. The second kappa shape index (κ2) is 3.36. The van der Waals surface area contributed by atoms with Gasteiger partial charge in [-0.15, -0.1) is 11.3 Å². The predicted octanol–water partition coefficient (Wildman–Crippen LogP) is 3.30. The summed E-state index contributed by atoms with van der Waals surface area (Å²) in [5.41, 5.74) is 0.607. The molecule has 0 spiro atoms. The van der Waals surface area contributed by atoms with Crippen LogP contribution in [0.4, 0.5) is 4.39 Å². The molecule has 68 valence electrons. The highest BCUT2D eigenvalue weighted by molar-refractivity contribution is 9.11. The van der Waals surface area contributed by atoms with Crippen LogP contribution in [0, 0.1) is 5.82 Å². The molecule has 1 N–H and O–H groups in total. The second-order valence-electron chi connectivity index (χ2n) is 2.70. The molecule has 0 fully saturated rings. The lowest BCUT2D eigenvalue weighted by molar-refractivity contribution is 0.281. The molecule has 1 heterocycles. The van der Waals surface area contributed by atoms with Crippen LogP contribution in [0.5, 0.6) is 0 Å². The predicted molar refractivity (Wildman–Crippen MR) is 55.4 cm³/mol. The maximum atomic E-state index is 13.3. The zero-order chi connectivity index (χ0) is 9.42. The summed E-state index contributed by atoms with van der Waals surface area (Å²) in [7, 11) is 0.